The number of pyridine rings is 2. The van der Waals surface area contributed by atoms with Crippen LogP contribution in [0, 0.1) is 0 Å². The average molecular weight is 1220 g/mol. The minimum absolute atomic E-state index is 0.981. The van der Waals surface area contributed by atoms with Gasteiger partial charge in [0, 0.05) is 24.2 Å². The van der Waals surface area contributed by atoms with Crippen LogP contribution in [0.4, 0.5) is 0 Å². The fourth-order valence-electron chi connectivity index (χ4n) is 15.2. The number of benzene rings is 17. The molecule has 2 heterocycles. The molecule has 0 radical (unpaired) electrons. The molecule has 0 aliphatic rings. The van der Waals surface area contributed by atoms with Gasteiger partial charge < -0.3 is 0 Å². The zero-order valence-corrected chi connectivity index (χ0v) is 52.5. The Balaban J connectivity index is 0.000000141. The highest BCUT2D eigenvalue weighted by atomic mass is 14.7. The Morgan fingerprint density at radius 2 is 0.552 bits per heavy atom. The van der Waals surface area contributed by atoms with E-state index in [-0.39, 0.29) is 0 Å². The lowest BCUT2D eigenvalue weighted by Crippen LogP contribution is -1.93. The Bertz CT molecular complexity index is 6210. The van der Waals surface area contributed by atoms with Crippen LogP contribution in [-0.4, -0.2) is 9.97 Å². The van der Waals surface area contributed by atoms with Gasteiger partial charge in [0.05, 0.1) is 5.69 Å². The van der Waals surface area contributed by atoms with Crippen LogP contribution in [0.25, 0.3) is 186 Å². The highest BCUT2D eigenvalue weighted by molar-refractivity contribution is 6.29. The fourth-order valence-corrected chi connectivity index (χ4v) is 15.2. The van der Waals surface area contributed by atoms with Crippen LogP contribution < -0.4 is 0 Å². The Labute approximate surface area is 557 Å². The number of rotatable bonds is 8. The molecule has 0 spiro atoms. The summed E-state index contributed by atoms with van der Waals surface area (Å²) in [6.07, 6.45) is 5.58. The first-order valence-electron chi connectivity index (χ1n) is 33.0. The maximum atomic E-state index is 4.57. The summed E-state index contributed by atoms with van der Waals surface area (Å²) in [5.74, 6) is 0. The van der Waals surface area contributed by atoms with Crippen molar-refractivity contribution in [2.24, 2.45) is 0 Å². The second-order valence-electron chi connectivity index (χ2n) is 25.0. The van der Waals surface area contributed by atoms with E-state index in [1.165, 1.54) is 169 Å². The third kappa shape index (κ3) is 9.74. The maximum absolute atomic E-state index is 4.57. The van der Waals surface area contributed by atoms with Gasteiger partial charge in [-0.05, 0) is 217 Å². The molecule has 2 heteroatoms. The SMILES string of the molecule is c1ccc(-c2c3ccccc3c(-c3cc4ccccc4c4ccccc34)c3ccc(-c4ccc(-c5cccnc5)cc4)cc23)cc1.c1ccc(-c2ccc(-c3ccc4c(-c5cc6ccccc6c6ccccc56)c5ccccc5c(-c5cccc6ccccc56)c4c3)cc2)nc1. The van der Waals surface area contributed by atoms with Gasteiger partial charge in [-0.1, -0.05) is 303 Å². The van der Waals surface area contributed by atoms with E-state index in [0.29, 0.717) is 0 Å². The van der Waals surface area contributed by atoms with E-state index < -0.39 is 0 Å². The van der Waals surface area contributed by atoms with E-state index in [1.54, 1.807) is 0 Å². The molecule has 0 saturated heterocycles. The van der Waals surface area contributed by atoms with E-state index >= 15 is 0 Å². The number of aromatic nitrogens is 2. The molecular weight excluding hydrogens is 1160 g/mol. The summed E-state index contributed by atoms with van der Waals surface area (Å²) in [4.78, 5) is 8.88. The van der Waals surface area contributed by atoms with Crippen molar-refractivity contribution in [2.75, 3.05) is 0 Å². The summed E-state index contributed by atoms with van der Waals surface area (Å²) in [5, 5.41) is 22.7. The fraction of sp³-hybridized carbons (Fsp3) is 0. The molecule has 0 bridgehead atoms. The van der Waals surface area contributed by atoms with Crippen LogP contribution in [0.3, 0.4) is 0 Å². The first kappa shape index (κ1) is 56.2. The van der Waals surface area contributed by atoms with Crippen LogP contribution in [0.1, 0.15) is 0 Å². The highest BCUT2D eigenvalue weighted by Crippen LogP contribution is 2.51. The molecule has 17 aromatic carbocycles. The molecule has 446 valence electrons. The molecule has 96 heavy (non-hydrogen) atoms. The second-order valence-corrected chi connectivity index (χ2v) is 25.0. The predicted octanol–water partition coefficient (Wildman–Crippen LogP) is 25.9. The average Bonchev–Trinajstić information content (AvgIpc) is 0.752. The molecular formula is C94H60N2. The van der Waals surface area contributed by atoms with Gasteiger partial charge in [0.2, 0.25) is 0 Å². The second kappa shape index (κ2) is 23.8. The Kier molecular flexibility index (Phi) is 13.9. The Hall–Kier alpha value is -12.6. The minimum atomic E-state index is 0.981. The summed E-state index contributed by atoms with van der Waals surface area (Å²) in [5.41, 5.74) is 19.3. The number of hydrogen-bond acceptors (Lipinski definition) is 2. The van der Waals surface area contributed by atoms with Gasteiger partial charge in [-0.15, -0.1) is 0 Å². The smallest absolute Gasteiger partial charge is 0.0701 e. The molecule has 0 fully saturated rings. The molecule has 19 rings (SSSR count). The zero-order valence-electron chi connectivity index (χ0n) is 52.5. The minimum Gasteiger partial charge on any atom is -0.264 e. The third-order valence-corrected chi connectivity index (χ3v) is 19.6. The van der Waals surface area contributed by atoms with Crippen molar-refractivity contribution in [3.63, 3.8) is 0 Å². The van der Waals surface area contributed by atoms with Crippen molar-refractivity contribution >= 4 is 97.0 Å². The van der Waals surface area contributed by atoms with Crippen molar-refractivity contribution in [3.05, 3.63) is 364 Å². The van der Waals surface area contributed by atoms with Crippen LogP contribution in [0.15, 0.2) is 364 Å². The molecule has 2 nitrogen and oxygen atoms in total. The topological polar surface area (TPSA) is 25.8 Å². The van der Waals surface area contributed by atoms with Gasteiger partial charge in [-0.25, -0.2) is 0 Å². The molecule has 0 amide bonds. The summed E-state index contributed by atoms with van der Waals surface area (Å²) < 4.78 is 0. The van der Waals surface area contributed by atoms with E-state index in [9.17, 15) is 0 Å². The summed E-state index contributed by atoms with van der Waals surface area (Å²) in [7, 11) is 0. The highest BCUT2D eigenvalue weighted by Gasteiger charge is 2.23. The van der Waals surface area contributed by atoms with Crippen molar-refractivity contribution in [1.29, 1.82) is 0 Å². The molecule has 0 saturated carbocycles. The summed E-state index contributed by atoms with van der Waals surface area (Å²) >= 11 is 0. The van der Waals surface area contributed by atoms with Gasteiger partial charge in [-0.3, -0.25) is 9.97 Å². The first-order valence-corrected chi connectivity index (χ1v) is 33.0. The van der Waals surface area contributed by atoms with Gasteiger partial charge >= 0.3 is 0 Å². The molecule has 0 aliphatic carbocycles. The predicted molar refractivity (Wildman–Crippen MR) is 410 cm³/mol. The van der Waals surface area contributed by atoms with Crippen LogP contribution >= 0.6 is 0 Å². The van der Waals surface area contributed by atoms with E-state index in [2.05, 4.69) is 338 Å². The van der Waals surface area contributed by atoms with E-state index in [0.717, 1.165) is 16.8 Å². The van der Waals surface area contributed by atoms with Gasteiger partial charge in [-0.2, -0.15) is 0 Å². The van der Waals surface area contributed by atoms with Crippen LogP contribution in [0.2, 0.25) is 0 Å². The molecule has 19 aromatic rings. The number of hydrogen-bond donors (Lipinski definition) is 0. The maximum Gasteiger partial charge on any atom is 0.0701 e. The van der Waals surface area contributed by atoms with Crippen molar-refractivity contribution in [2.45, 2.75) is 0 Å². The lowest BCUT2D eigenvalue weighted by molar-refractivity contribution is 1.33. The standard InChI is InChI=1S/C49H31N.C45H29N/c1-3-15-37-33(12-1)14-11-21-41(37)48-42-19-7-8-20-43(42)49(45-31-36-13-2-4-16-38(36)39-17-5-6-18-40(39)45)44-28-27-35(30-46(44)48)32-23-25-34(26-24-32)47-22-9-10-29-50-47;1-2-11-32(12-3-1)44-39-18-8-9-19-40(39)45(42-28-34-13-4-5-15-36(34)37-16-6-7-17-38(37)42)41-25-24-33(27-43(41)44)30-20-22-31(23-21-30)35-14-10-26-46-29-35/h1-31H;1-29H. The van der Waals surface area contributed by atoms with Crippen LogP contribution in [-0.2, 0) is 0 Å². The molecule has 0 unspecified atom stereocenters. The normalized spacial score (nSPS) is 11.5. The zero-order chi connectivity index (χ0) is 63.5. The van der Waals surface area contributed by atoms with Gasteiger partial charge in [0.25, 0.3) is 0 Å². The third-order valence-electron chi connectivity index (χ3n) is 19.6. The number of nitrogens with zero attached hydrogens (tertiary/aromatic N) is 2. The molecule has 0 aliphatic heterocycles. The van der Waals surface area contributed by atoms with Crippen molar-refractivity contribution in [3.8, 4) is 89.1 Å². The lowest BCUT2D eigenvalue weighted by Gasteiger charge is -2.21. The number of fused-ring (bicyclic) bond motifs is 11. The molecule has 2 aromatic heterocycles. The van der Waals surface area contributed by atoms with Crippen molar-refractivity contribution in [1.82, 2.24) is 9.97 Å². The van der Waals surface area contributed by atoms with Gasteiger partial charge in [0.1, 0.15) is 0 Å². The van der Waals surface area contributed by atoms with E-state index in [4.69, 9.17) is 0 Å². The monoisotopic (exact) mass is 1220 g/mol. The van der Waals surface area contributed by atoms with Crippen LogP contribution in [0.5, 0.6) is 0 Å². The first-order chi connectivity index (χ1) is 47.6. The summed E-state index contributed by atoms with van der Waals surface area (Å²) in [6.45, 7) is 0. The van der Waals surface area contributed by atoms with E-state index in [1.807, 2.05) is 36.8 Å². The Morgan fingerprint density at radius 3 is 1.07 bits per heavy atom. The molecule has 0 N–H and O–H groups in total. The Morgan fingerprint density at radius 1 is 0.167 bits per heavy atom. The molecule has 0 atom stereocenters. The summed E-state index contributed by atoms with van der Waals surface area (Å²) in [6, 6.07) is 126. The van der Waals surface area contributed by atoms with Gasteiger partial charge in [0.15, 0.2) is 0 Å². The largest absolute Gasteiger partial charge is 0.264 e. The van der Waals surface area contributed by atoms with Crippen molar-refractivity contribution < 1.29 is 0 Å². The lowest BCUT2D eigenvalue weighted by atomic mass is 9.82. The quantitative estimate of drug-likeness (QED) is 0.112.